The van der Waals surface area contributed by atoms with Crippen molar-refractivity contribution in [1.29, 1.82) is 0 Å². The van der Waals surface area contributed by atoms with E-state index in [2.05, 4.69) is 27.7 Å². The Morgan fingerprint density at radius 3 is 2.20 bits per heavy atom. The van der Waals surface area contributed by atoms with Gasteiger partial charge in [0.05, 0.1) is 0 Å². The monoisotopic (exact) mass is 234 g/mol. The fourth-order valence-electron chi connectivity index (χ4n) is 2.16. The summed E-state index contributed by atoms with van der Waals surface area (Å²) in [5.41, 5.74) is 0.0477. The quantitative estimate of drug-likeness (QED) is 0.642. The van der Waals surface area contributed by atoms with Gasteiger partial charge in [-0.2, -0.15) is 0 Å². The highest BCUT2D eigenvalue weighted by atomic mass is 31.1. The Kier molecular flexibility index (Phi) is 8.46. The molecule has 0 aromatic rings. The van der Waals surface area contributed by atoms with Gasteiger partial charge in [0.15, 0.2) is 8.03 Å². The predicted molar refractivity (Wildman–Crippen MR) is 67.8 cm³/mol. The summed E-state index contributed by atoms with van der Waals surface area (Å²) in [6, 6.07) is 0. The minimum Gasteiger partial charge on any atom is -0.346 e. The average molecular weight is 234 g/mol. The van der Waals surface area contributed by atoms with Gasteiger partial charge in [0.25, 0.3) is 0 Å². The Bertz CT molecular complexity index is 180. The Morgan fingerprint density at radius 2 is 1.87 bits per heavy atom. The molecule has 0 aromatic carbocycles. The molecule has 0 rings (SSSR count). The van der Waals surface area contributed by atoms with Crippen LogP contribution in [0.4, 0.5) is 0 Å². The molecule has 3 unspecified atom stereocenters. The zero-order chi connectivity index (χ0) is 11.8. The van der Waals surface area contributed by atoms with E-state index in [1.54, 1.807) is 0 Å². The molecule has 0 amide bonds. The van der Waals surface area contributed by atoms with Gasteiger partial charge in [-0.1, -0.05) is 47.0 Å². The predicted octanol–water partition coefficient (Wildman–Crippen LogP) is 4.08. The molecule has 0 aliphatic heterocycles. The second-order valence-corrected chi connectivity index (χ2v) is 6.30. The van der Waals surface area contributed by atoms with Crippen LogP contribution in [0, 0.1) is 11.8 Å². The molecule has 0 bridgehead atoms. The van der Waals surface area contributed by atoms with Crippen molar-refractivity contribution < 1.29 is 9.46 Å². The Balaban J connectivity index is 4.33. The average Bonchev–Trinajstić information content (AvgIpc) is 2.16. The van der Waals surface area contributed by atoms with Crippen LogP contribution < -0.4 is 0 Å². The first-order valence-corrected chi connectivity index (χ1v) is 7.68. The van der Waals surface area contributed by atoms with Crippen LogP contribution in [-0.2, 0) is 4.57 Å². The number of hydrogen-bond acceptors (Lipinski definition) is 1. The lowest BCUT2D eigenvalue weighted by Crippen LogP contribution is -2.19. The Hall–Kier alpha value is 0.190. The van der Waals surface area contributed by atoms with E-state index in [0.717, 1.165) is 19.3 Å². The molecular weight excluding hydrogens is 207 g/mol. The maximum Gasteiger partial charge on any atom is 0.192 e. The van der Waals surface area contributed by atoms with Gasteiger partial charge < -0.3 is 4.89 Å². The smallest absolute Gasteiger partial charge is 0.192 e. The lowest BCUT2D eigenvalue weighted by molar-refractivity contribution is 0.360. The van der Waals surface area contributed by atoms with Gasteiger partial charge >= 0.3 is 0 Å². The standard InChI is InChI=1S/C12H27O2P/c1-5-7-8-11(6-2)12(15(13)14)9-10(3)4/h10-12,15H,5-9H2,1-4H3,(H,13,14). The molecule has 0 saturated heterocycles. The maximum atomic E-state index is 11.4. The highest BCUT2D eigenvalue weighted by molar-refractivity contribution is 7.38. The number of hydrogen-bond donors (Lipinski definition) is 1. The van der Waals surface area contributed by atoms with E-state index in [-0.39, 0.29) is 5.66 Å². The summed E-state index contributed by atoms with van der Waals surface area (Å²) in [5.74, 6) is 0.968. The third-order valence-electron chi connectivity index (χ3n) is 3.06. The molecule has 3 heteroatoms. The summed E-state index contributed by atoms with van der Waals surface area (Å²) in [4.78, 5) is 9.41. The number of rotatable bonds is 8. The second kappa shape index (κ2) is 8.35. The molecule has 2 nitrogen and oxygen atoms in total. The molecule has 1 N–H and O–H groups in total. The summed E-state index contributed by atoms with van der Waals surface area (Å²) in [6.45, 7) is 8.57. The molecule has 0 aliphatic rings. The third kappa shape index (κ3) is 6.37. The van der Waals surface area contributed by atoms with Gasteiger partial charge in [0.1, 0.15) is 0 Å². The summed E-state index contributed by atoms with van der Waals surface area (Å²) in [5, 5.41) is 0. The molecule has 0 radical (unpaired) electrons. The van der Waals surface area contributed by atoms with Gasteiger partial charge in [0, 0.05) is 5.66 Å². The van der Waals surface area contributed by atoms with Gasteiger partial charge in [-0.3, -0.25) is 4.57 Å². The second-order valence-electron chi connectivity index (χ2n) is 4.88. The fourth-order valence-corrected chi connectivity index (χ4v) is 3.64. The first-order chi connectivity index (χ1) is 7.02. The van der Waals surface area contributed by atoms with Crippen molar-refractivity contribution in [3.8, 4) is 0 Å². The van der Waals surface area contributed by atoms with Crippen molar-refractivity contribution in [3.63, 3.8) is 0 Å². The summed E-state index contributed by atoms with van der Waals surface area (Å²) in [7, 11) is -2.36. The lowest BCUT2D eigenvalue weighted by atomic mass is 9.91. The first kappa shape index (κ1) is 15.2. The molecule has 0 fully saturated rings. The van der Waals surface area contributed by atoms with Crippen molar-refractivity contribution in [3.05, 3.63) is 0 Å². The van der Waals surface area contributed by atoms with Gasteiger partial charge in [-0.05, 0) is 24.7 Å². The van der Waals surface area contributed by atoms with E-state index >= 15 is 0 Å². The van der Waals surface area contributed by atoms with Gasteiger partial charge in [0.2, 0.25) is 0 Å². The Labute approximate surface area is 95.3 Å². The normalized spacial score (nSPS) is 17.7. The van der Waals surface area contributed by atoms with Crippen molar-refractivity contribution >= 4 is 8.03 Å². The molecule has 3 atom stereocenters. The fraction of sp³-hybridized carbons (Fsp3) is 1.00. The van der Waals surface area contributed by atoms with Crippen LogP contribution in [0.3, 0.4) is 0 Å². The molecule has 0 saturated carbocycles. The highest BCUT2D eigenvalue weighted by Crippen LogP contribution is 2.37. The van der Waals surface area contributed by atoms with Gasteiger partial charge in [-0.15, -0.1) is 0 Å². The van der Waals surface area contributed by atoms with E-state index in [1.165, 1.54) is 12.8 Å². The van der Waals surface area contributed by atoms with Crippen LogP contribution >= 0.6 is 8.03 Å². The van der Waals surface area contributed by atoms with Crippen LogP contribution in [0.2, 0.25) is 0 Å². The van der Waals surface area contributed by atoms with Crippen LogP contribution in [-0.4, -0.2) is 10.6 Å². The molecule has 0 aromatic heterocycles. The minimum atomic E-state index is -2.36. The largest absolute Gasteiger partial charge is 0.346 e. The maximum absolute atomic E-state index is 11.4. The minimum absolute atomic E-state index is 0.0477. The topological polar surface area (TPSA) is 37.3 Å². The molecular formula is C12H27O2P. The van der Waals surface area contributed by atoms with Crippen LogP contribution in [0.25, 0.3) is 0 Å². The third-order valence-corrected chi connectivity index (χ3v) is 4.41. The molecule has 92 valence electrons. The van der Waals surface area contributed by atoms with Crippen molar-refractivity contribution in [1.82, 2.24) is 0 Å². The van der Waals surface area contributed by atoms with Crippen LogP contribution in [0.5, 0.6) is 0 Å². The summed E-state index contributed by atoms with van der Waals surface area (Å²) in [6.07, 6.45) is 5.41. The molecule has 15 heavy (non-hydrogen) atoms. The zero-order valence-corrected chi connectivity index (χ0v) is 11.6. The molecule has 0 heterocycles. The molecule has 0 spiro atoms. The molecule has 0 aliphatic carbocycles. The van der Waals surface area contributed by atoms with E-state index < -0.39 is 8.03 Å². The first-order valence-electron chi connectivity index (χ1n) is 6.25. The van der Waals surface area contributed by atoms with Crippen molar-refractivity contribution in [2.24, 2.45) is 11.8 Å². The van der Waals surface area contributed by atoms with E-state index in [9.17, 15) is 9.46 Å². The zero-order valence-electron chi connectivity index (χ0n) is 10.6. The van der Waals surface area contributed by atoms with Crippen molar-refractivity contribution in [2.45, 2.75) is 65.5 Å². The van der Waals surface area contributed by atoms with E-state index in [4.69, 9.17) is 0 Å². The lowest BCUT2D eigenvalue weighted by Gasteiger charge is -2.25. The van der Waals surface area contributed by atoms with Gasteiger partial charge in [-0.25, -0.2) is 0 Å². The van der Waals surface area contributed by atoms with E-state index in [1.807, 2.05) is 0 Å². The van der Waals surface area contributed by atoms with E-state index in [0.29, 0.717) is 11.8 Å². The van der Waals surface area contributed by atoms with Crippen LogP contribution in [0.1, 0.15) is 59.8 Å². The van der Waals surface area contributed by atoms with Crippen LogP contribution in [0.15, 0.2) is 0 Å². The Morgan fingerprint density at radius 1 is 1.27 bits per heavy atom. The van der Waals surface area contributed by atoms with Crippen molar-refractivity contribution in [2.75, 3.05) is 0 Å². The number of unbranched alkanes of at least 4 members (excludes halogenated alkanes) is 1. The summed E-state index contributed by atoms with van der Waals surface area (Å²) < 4.78 is 11.4. The SMILES string of the molecule is CCCCC(CC)C(CC(C)C)[PH](=O)O. The summed E-state index contributed by atoms with van der Waals surface area (Å²) >= 11 is 0. The highest BCUT2D eigenvalue weighted by Gasteiger charge is 2.24.